The van der Waals surface area contributed by atoms with Crippen LogP contribution in [0.5, 0.6) is 11.5 Å². The monoisotopic (exact) mass is 284 g/mol. The number of halogens is 1. The van der Waals surface area contributed by atoms with Crippen molar-refractivity contribution in [2.75, 3.05) is 0 Å². The predicted octanol–water partition coefficient (Wildman–Crippen LogP) is 3.30. The van der Waals surface area contributed by atoms with Crippen LogP contribution in [-0.2, 0) is 7.05 Å². The molecule has 0 aliphatic heterocycles. The Labute approximate surface area is 120 Å². The van der Waals surface area contributed by atoms with Crippen molar-refractivity contribution in [1.82, 2.24) is 9.78 Å². The lowest BCUT2D eigenvalue weighted by Gasteiger charge is -2.00. The number of phenols is 2. The van der Waals surface area contributed by atoms with Crippen LogP contribution in [0.4, 0.5) is 4.39 Å². The molecule has 0 atom stereocenters. The highest BCUT2D eigenvalue weighted by molar-refractivity contribution is 5.70. The molecular formula is C16H13FN2O2. The first-order valence-corrected chi connectivity index (χ1v) is 6.37. The van der Waals surface area contributed by atoms with Gasteiger partial charge in [0, 0.05) is 18.2 Å². The largest absolute Gasteiger partial charge is 0.504 e. The Morgan fingerprint density at radius 3 is 2.48 bits per heavy atom. The Morgan fingerprint density at radius 2 is 1.76 bits per heavy atom. The van der Waals surface area contributed by atoms with Gasteiger partial charge in [-0.25, -0.2) is 4.39 Å². The number of benzene rings is 2. The quantitative estimate of drug-likeness (QED) is 0.710. The van der Waals surface area contributed by atoms with Gasteiger partial charge in [-0.1, -0.05) is 12.1 Å². The fourth-order valence-electron chi connectivity index (χ4n) is 2.21. The van der Waals surface area contributed by atoms with Crippen LogP contribution in [-0.4, -0.2) is 20.0 Å². The summed E-state index contributed by atoms with van der Waals surface area (Å²) in [5, 5.41) is 23.3. The molecule has 5 heteroatoms. The second-order valence-corrected chi connectivity index (χ2v) is 4.75. The molecule has 2 N–H and O–H groups in total. The van der Waals surface area contributed by atoms with E-state index in [1.54, 1.807) is 36.0 Å². The van der Waals surface area contributed by atoms with E-state index in [1.165, 1.54) is 24.3 Å². The molecule has 3 aromatic rings. The van der Waals surface area contributed by atoms with Crippen LogP contribution in [0.1, 0.15) is 0 Å². The molecular weight excluding hydrogens is 271 g/mol. The van der Waals surface area contributed by atoms with Crippen molar-refractivity contribution in [1.29, 1.82) is 0 Å². The zero-order valence-corrected chi connectivity index (χ0v) is 11.3. The van der Waals surface area contributed by atoms with E-state index in [-0.39, 0.29) is 17.3 Å². The minimum absolute atomic E-state index is 0.181. The number of rotatable bonds is 2. The number of phenolic OH excluding ortho intramolecular Hbond substituents is 2. The van der Waals surface area contributed by atoms with Gasteiger partial charge in [0.25, 0.3) is 0 Å². The second kappa shape index (κ2) is 4.94. The first-order valence-electron chi connectivity index (χ1n) is 6.37. The highest BCUT2D eigenvalue weighted by atomic mass is 19.1. The van der Waals surface area contributed by atoms with Crippen LogP contribution in [0.2, 0.25) is 0 Å². The highest BCUT2D eigenvalue weighted by Crippen LogP contribution is 2.31. The Kier molecular flexibility index (Phi) is 3.10. The number of aromatic hydroxyl groups is 2. The van der Waals surface area contributed by atoms with Gasteiger partial charge in [-0.3, -0.25) is 4.68 Å². The molecule has 4 nitrogen and oxygen atoms in total. The van der Waals surface area contributed by atoms with E-state index in [2.05, 4.69) is 5.10 Å². The minimum Gasteiger partial charge on any atom is -0.504 e. The Balaban J connectivity index is 2.07. The summed E-state index contributed by atoms with van der Waals surface area (Å²) < 4.78 is 15.0. The molecule has 21 heavy (non-hydrogen) atoms. The first-order chi connectivity index (χ1) is 10.0. The molecule has 0 fully saturated rings. The third kappa shape index (κ3) is 2.45. The average molecular weight is 284 g/mol. The lowest BCUT2D eigenvalue weighted by molar-refractivity contribution is 0.404. The van der Waals surface area contributed by atoms with Crippen molar-refractivity contribution in [3.05, 3.63) is 54.3 Å². The van der Waals surface area contributed by atoms with Gasteiger partial charge in [-0.05, 0) is 36.4 Å². The van der Waals surface area contributed by atoms with Crippen molar-refractivity contribution < 1.29 is 14.6 Å². The summed E-state index contributed by atoms with van der Waals surface area (Å²) in [6.45, 7) is 0. The summed E-state index contributed by atoms with van der Waals surface area (Å²) in [7, 11) is 1.77. The summed E-state index contributed by atoms with van der Waals surface area (Å²) in [6.07, 6.45) is 0. The molecule has 1 heterocycles. The van der Waals surface area contributed by atoms with Crippen LogP contribution < -0.4 is 0 Å². The van der Waals surface area contributed by atoms with Gasteiger partial charge in [0.1, 0.15) is 5.82 Å². The van der Waals surface area contributed by atoms with Crippen LogP contribution in [0.3, 0.4) is 0 Å². The SMILES string of the molecule is Cn1nc(-c2ccc(O)c(O)c2)cc1-c1cccc(F)c1. The van der Waals surface area contributed by atoms with Gasteiger partial charge >= 0.3 is 0 Å². The Bertz CT molecular complexity index is 812. The summed E-state index contributed by atoms with van der Waals surface area (Å²) in [6, 6.07) is 12.6. The number of hydrogen-bond donors (Lipinski definition) is 2. The van der Waals surface area contributed by atoms with E-state index in [0.29, 0.717) is 11.3 Å². The van der Waals surface area contributed by atoms with E-state index in [0.717, 1.165) is 11.3 Å². The number of aromatic nitrogens is 2. The molecule has 0 saturated carbocycles. The average Bonchev–Trinajstić information content (AvgIpc) is 2.84. The van der Waals surface area contributed by atoms with Crippen molar-refractivity contribution >= 4 is 0 Å². The second-order valence-electron chi connectivity index (χ2n) is 4.75. The van der Waals surface area contributed by atoms with Gasteiger partial charge in [0.2, 0.25) is 0 Å². The molecule has 1 aromatic heterocycles. The van der Waals surface area contributed by atoms with E-state index in [4.69, 9.17) is 0 Å². The maximum absolute atomic E-state index is 13.3. The molecule has 106 valence electrons. The van der Waals surface area contributed by atoms with E-state index < -0.39 is 0 Å². The van der Waals surface area contributed by atoms with Gasteiger partial charge in [-0.15, -0.1) is 0 Å². The molecule has 0 spiro atoms. The number of aryl methyl sites for hydroxylation is 1. The van der Waals surface area contributed by atoms with Crippen molar-refractivity contribution in [3.63, 3.8) is 0 Å². The smallest absolute Gasteiger partial charge is 0.158 e. The zero-order valence-electron chi connectivity index (χ0n) is 11.3. The molecule has 0 bridgehead atoms. The van der Waals surface area contributed by atoms with E-state index in [9.17, 15) is 14.6 Å². The van der Waals surface area contributed by atoms with Gasteiger partial charge in [-0.2, -0.15) is 5.10 Å². The summed E-state index contributed by atoms with van der Waals surface area (Å²) in [5.41, 5.74) is 2.78. The summed E-state index contributed by atoms with van der Waals surface area (Å²) >= 11 is 0. The minimum atomic E-state index is -0.308. The predicted molar refractivity (Wildman–Crippen MR) is 77.4 cm³/mol. The van der Waals surface area contributed by atoms with Crippen molar-refractivity contribution in [2.24, 2.45) is 7.05 Å². The maximum atomic E-state index is 13.3. The van der Waals surface area contributed by atoms with E-state index in [1.807, 2.05) is 0 Å². The topological polar surface area (TPSA) is 58.3 Å². The maximum Gasteiger partial charge on any atom is 0.158 e. The third-order valence-corrected chi connectivity index (χ3v) is 3.27. The fraction of sp³-hybridized carbons (Fsp3) is 0.0625. The Morgan fingerprint density at radius 1 is 0.952 bits per heavy atom. The van der Waals surface area contributed by atoms with Gasteiger partial charge in [0.05, 0.1) is 11.4 Å². The molecule has 0 aliphatic rings. The van der Waals surface area contributed by atoms with Gasteiger partial charge in [0.15, 0.2) is 11.5 Å². The standard InChI is InChI=1S/C16H13FN2O2/c1-19-14(11-3-2-4-12(17)7-11)9-13(18-19)10-5-6-15(20)16(21)8-10/h2-9,20-21H,1H3. The molecule has 0 saturated heterocycles. The summed E-state index contributed by atoms with van der Waals surface area (Å²) in [5.74, 6) is -0.692. The Hall–Kier alpha value is -2.82. The zero-order chi connectivity index (χ0) is 15.0. The van der Waals surface area contributed by atoms with Crippen LogP contribution >= 0.6 is 0 Å². The number of hydrogen-bond acceptors (Lipinski definition) is 3. The van der Waals surface area contributed by atoms with Crippen LogP contribution in [0.15, 0.2) is 48.5 Å². The molecule has 0 amide bonds. The normalized spacial score (nSPS) is 10.8. The molecule has 2 aromatic carbocycles. The lowest BCUT2D eigenvalue weighted by Crippen LogP contribution is -1.94. The van der Waals surface area contributed by atoms with Crippen LogP contribution in [0, 0.1) is 5.82 Å². The first kappa shape index (κ1) is 13.2. The van der Waals surface area contributed by atoms with Gasteiger partial charge < -0.3 is 10.2 Å². The molecule has 0 aliphatic carbocycles. The van der Waals surface area contributed by atoms with E-state index >= 15 is 0 Å². The van der Waals surface area contributed by atoms with Crippen molar-refractivity contribution in [3.8, 4) is 34.0 Å². The lowest BCUT2D eigenvalue weighted by atomic mass is 10.1. The molecule has 0 radical (unpaired) electrons. The highest BCUT2D eigenvalue weighted by Gasteiger charge is 2.11. The van der Waals surface area contributed by atoms with Crippen LogP contribution in [0.25, 0.3) is 22.5 Å². The fourth-order valence-corrected chi connectivity index (χ4v) is 2.21. The summed E-state index contributed by atoms with van der Waals surface area (Å²) in [4.78, 5) is 0. The molecule has 0 unspecified atom stereocenters. The van der Waals surface area contributed by atoms with Crippen molar-refractivity contribution in [2.45, 2.75) is 0 Å². The third-order valence-electron chi connectivity index (χ3n) is 3.27. The number of nitrogens with zero attached hydrogens (tertiary/aromatic N) is 2. The molecule has 3 rings (SSSR count).